The first kappa shape index (κ1) is 12.7. The fourth-order valence-corrected chi connectivity index (χ4v) is 2.48. The molecule has 0 aliphatic heterocycles. The number of benzene rings is 1. The average Bonchev–Trinajstić information content (AvgIpc) is 2.87. The minimum atomic E-state index is -0.388. The van der Waals surface area contributed by atoms with Gasteiger partial charge in [-0.3, -0.25) is 10.1 Å². The van der Waals surface area contributed by atoms with Crippen molar-refractivity contribution in [1.82, 2.24) is 4.98 Å². The van der Waals surface area contributed by atoms with E-state index in [1.165, 1.54) is 17.4 Å². The summed E-state index contributed by atoms with van der Waals surface area (Å²) in [6.45, 7) is 2.51. The number of nitro benzene ring substituents is 1. The molecule has 0 amide bonds. The van der Waals surface area contributed by atoms with Crippen LogP contribution >= 0.6 is 11.3 Å². The number of nitrogens with two attached hydrogens (primary N) is 1. The molecule has 6 heteroatoms. The maximum atomic E-state index is 11.0. The molecule has 2 aromatic rings. The van der Waals surface area contributed by atoms with E-state index in [9.17, 15) is 10.1 Å². The molecule has 0 fully saturated rings. The molecule has 2 rings (SSSR count). The summed E-state index contributed by atoms with van der Waals surface area (Å²) in [5, 5.41) is 13.7. The monoisotopic (exact) mass is 263 g/mol. The van der Waals surface area contributed by atoms with Crippen molar-refractivity contribution >= 4 is 17.0 Å². The van der Waals surface area contributed by atoms with Crippen molar-refractivity contribution in [1.29, 1.82) is 0 Å². The number of hydrogen-bond donors (Lipinski definition) is 1. The fourth-order valence-electron chi connectivity index (χ4n) is 1.59. The van der Waals surface area contributed by atoms with Crippen molar-refractivity contribution in [2.24, 2.45) is 5.73 Å². The van der Waals surface area contributed by atoms with Gasteiger partial charge in [0.15, 0.2) is 0 Å². The molecule has 0 aliphatic carbocycles. The lowest BCUT2D eigenvalue weighted by molar-refractivity contribution is -0.384. The molecule has 1 aromatic carbocycles. The molecule has 0 spiro atoms. The molecule has 0 aliphatic rings. The van der Waals surface area contributed by atoms with Gasteiger partial charge < -0.3 is 5.73 Å². The number of nitrogens with zero attached hydrogens (tertiary/aromatic N) is 2. The third kappa shape index (κ3) is 2.39. The summed E-state index contributed by atoms with van der Waals surface area (Å²) in [5.41, 5.74) is 6.86. The van der Waals surface area contributed by atoms with Gasteiger partial charge in [0.05, 0.1) is 21.2 Å². The van der Waals surface area contributed by atoms with E-state index in [2.05, 4.69) is 4.98 Å². The van der Waals surface area contributed by atoms with Gasteiger partial charge in [-0.25, -0.2) is 4.98 Å². The first-order chi connectivity index (χ1) is 8.63. The highest BCUT2D eigenvalue weighted by Crippen LogP contribution is 2.31. The van der Waals surface area contributed by atoms with Crippen molar-refractivity contribution in [2.75, 3.05) is 6.54 Å². The summed E-state index contributed by atoms with van der Waals surface area (Å²) in [6, 6.07) is 6.62. The molecule has 2 N–H and O–H groups in total. The van der Waals surface area contributed by atoms with Crippen LogP contribution in [0.5, 0.6) is 0 Å². The highest BCUT2D eigenvalue weighted by molar-refractivity contribution is 7.10. The van der Waals surface area contributed by atoms with E-state index < -0.39 is 0 Å². The molecule has 0 bridgehead atoms. The van der Waals surface area contributed by atoms with Crippen molar-refractivity contribution in [3.63, 3.8) is 0 Å². The van der Waals surface area contributed by atoms with E-state index in [0.29, 0.717) is 17.8 Å². The minimum absolute atomic E-state index is 0.0785. The molecule has 0 saturated carbocycles. The second-order valence-electron chi connectivity index (χ2n) is 3.98. The predicted octanol–water partition coefficient (Wildman–Crippen LogP) is 2.78. The van der Waals surface area contributed by atoms with Crippen LogP contribution < -0.4 is 5.73 Å². The molecule has 18 heavy (non-hydrogen) atoms. The molecule has 1 atom stereocenters. The van der Waals surface area contributed by atoms with Gasteiger partial charge in [0, 0.05) is 23.9 Å². The van der Waals surface area contributed by atoms with E-state index in [1.807, 2.05) is 12.3 Å². The minimum Gasteiger partial charge on any atom is -0.330 e. The van der Waals surface area contributed by atoms with Crippen LogP contribution in [0.25, 0.3) is 11.3 Å². The zero-order valence-electron chi connectivity index (χ0n) is 9.87. The maximum absolute atomic E-state index is 11.0. The van der Waals surface area contributed by atoms with E-state index in [0.717, 1.165) is 5.01 Å². The van der Waals surface area contributed by atoms with Gasteiger partial charge in [0.1, 0.15) is 0 Å². The van der Waals surface area contributed by atoms with Crippen LogP contribution in [0.1, 0.15) is 17.8 Å². The smallest absolute Gasteiger partial charge is 0.278 e. The van der Waals surface area contributed by atoms with Gasteiger partial charge >= 0.3 is 0 Å². The van der Waals surface area contributed by atoms with E-state index in [1.54, 1.807) is 18.2 Å². The quantitative estimate of drug-likeness (QED) is 0.679. The molecular weight excluding hydrogens is 250 g/mol. The molecule has 5 nitrogen and oxygen atoms in total. The zero-order chi connectivity index (χ0) is 13.1. The summed E-state index contributed by atoms with van der Waals surface area (Å²) in [5.74, 6) is 0.173. The number of hydrogen-bond acceptors (Lipinski definition) is 5. The zero-order valence-corrected chi connectivity index (χ0v) is 10.7. The first-order valence-electron chi connectivity index (χ1n) is 5.52. The van der Waals surface area contributed by atoms with Crippen molar-refractivity contribution in [3.8, 4) is 11.3 Å². The third-order valence-corrected chi connectivity index (χ3v) is 3.75. The van der Waals surface area contributed by atoms with Crippen LogP contribution in [0.3, 0.4) is 0 Å². The number of thiazole rings is 1. The molecule has 0 saturated heterocycles. The Kier molecular flexibility index (Phi) is 3.69. The Morgan fingerprint density at radius 3 is 2.89 bits per heavy atom. The second kappa shape index (κ2) is 5.24. The Morgan fingerprint density at radius 1 is 1.50 bits per heavy atom. The lowest BCUT2D eigenvalue weighted by Gasteiger charge is -2.02. The second-order valence-corrected chi connectivity index (χ2v) is 4.87. The average molecular weight is 263 g/mol. The maximum Gasteiger partial charge on any atom is 0.278 e. The van der Waals surface area contributed by atoms with Gasteiger partial charge in [0.25, 0.3) is 5.69 Å². The van der Waals surface area contributed by atoms with Gasteiger partial charge in [-0.1, -0.05) is 19.1 Å². The highest BCUT2D eigenvalue weighted by atomic mass is 32.1. The Labute approximate surface area is 108 Å². The molecule has 1 aromatic heterocycles. The van der Waals surface area contributed by atoms with Crippen LogP contribution in [0, 0.1) is 10.1 Å². The van der Waals surface area contributed by atoms with E-state index >= 15 is 0 Å². The van der Waals surface area contributed by atoms with Crippen LogP contribution in [-0.2, 0) is 0 Å². The summed E-state index contributed by atoms with van der Waals surface area (Å²) in [6.07, 6.45) is 0. The predicted molar refractivity (Wildman–Crippen MR) is 71.7 cm³/mol. The van der Waals surface area contributed by atoms with E-state index in [4.69, 9.17) is 5.73 Å². The normalized spacial score (nSPS) is 12.3. The van der Waals surface area contributed by atoms with Crippen molar-refractivity contribution < 1.29 is 4.92 Å². The number of aromatic nitrogens is 1. The number of rotatable bonds is 4. The van der Waals surface area contributed by atoms with Crippen LogP contribution in [-0.4, -0.2) is 16.5 Å². The SMILES string of the molecule is CC(CN)c1nc(-c2ccccc2[N+](=O)[O-])cs1. The van der Waals surface area contributed by atoms with Crippen molar-refractivity contribution in [3.05, 3.63) is 44.8 Å². The number of para-hydroxylation sites is 1. The van der Waals surface area contributed by atoms with Gasteiger partial charge in [-0.2, -0.15) is 0 Å². The summed E-state index contributed by atoms with van der Waals surface area (Å²) in [7, 11) is 0. The van der Waals surface area contributed by atoms with Crippen LogP contribution in [0.4, 0.5) is 5.69 Å². The summed E-state index contributed by atoms with van der Waals surface area (Å²) < 4.78 is 0. The molecule has 1 unspecified atom stereocenters. The van der Waals surface area contributed by atoms with Crippen molar-refractivity contribution in [2.45, 2.75) is 12.8 Å². The molecule has 94 valence electrons. The van der Waals surface area contributed by atoms with Gasteiger partial charge in [-0.15, -0.1) is 11.3 Å². The first-order valence-corrected chi connectivity index (χ1v) is 6.40. The van der Waals surface area contributed by atoms with E-state index in [-0.39, 0.29) is 16.5 Å². The topological polar surface area (TPSA) is 82.0 Å². The van der Waals surface area contributed by atoms with Gasteiger partial charge in [0.2, 0.25) is 0 Å². The lowest BCUT2D eigenvalue weighted by atomic mass is 10.1. The Balaban J connectivity index is 2.43. The number of nitro groups is 1. The molecular formula is C12H13N3O2S. The Bertz CT molecular complexity index is 568. The van der Waals surface area contributed by atoms with Crippen LogP contribution in [0.15, 0.2) is 29.6 Å². The fraction of sp³-hybridized carbons (Fsp3) is 0.250. The standard InChI is InChI=1S/C12H13N3O2S/c1-8(6-13)12-14-10(7-18-12)9-4-2-3-5-11(9)15(16)17/h2-5,7-8H,6,13H2,1H3. The summed E-state index contributed by atoms with van der Waals surface area (Å²) in [4.78, 5) is 15.0. The Morgan fingerprint density at radius 2 is 2.22 bits per heavy atom. The van der Waals surface area contributed by atoms with Crippen LogP contribution in [0.2, 0.25) is 0 Å². The Hall–Kier alpha value is -1.79. The molecule has 0 radical (unpaired) electrons. The largest absolute Gasteiger partial charge is 0.330 e. The highest BCUT2D eigenvalue weighted by Gasteiger charge is 2.17. The third-order valence-electron chi connectivity index (χ3n) is 2.67. The van der Waals surface area contributed by atoms with Gasteiger partial charge in [-0.05, 0) is 6.07 Å². The lowest BCUT2D eigenvalue weighted by Crippen LogP contribution is -2.08. The molecule has 1 heterocycles. The summed E-state index contributed by atoms with van der Waals surface area (Å²) >= 11 is 1.48.